The number of sulfonamides is 1. The van der Waals surface area contributed by atoms with Crippen LogP contribution in [0.1, 0.15) is 12.8 Å². The van der Waals surface area contributed by atoms with Crippen molar-refractivity contribution in [2.75, 3.05) is 26.7 Å². The van der Waals surface area contributed by atoms with E-state index >= 15 is 0 Å². The zero-order valence-electron chi connectivity index (χ0n) is 12.3. The molecular formula is C13H21BrClN3O3S. The maximum absolute atomic E-state index is 12.0. The molecule has 1 aromatic rings. The molecule has 0 bridgehead atoms. The summed E-state index contributed by atoms with van der Waals surface area (Å²) in [6.07, 6.45) is 0.957. The van der Waals surface area contributed by atoms with Gasteiger partial charge in [-0.15, -0.1) is 12.4 Å². The molecule has 1 rings (SSSR count). The molecule has 0 atom stereocenters. The van der Waals surface area contributed by atoms with Gasteiger partial charge in [-0.1, -0.05) is 22.0 Å². The Morgan fingerprint density at radius 2 is 1.95 bits per heavy atom. The summed E-state index contributed by atoms with van der Waals surface area (Å²) >= 11 is 3.23. The molecule has 0 aromatic heterocycles. The number of rotatable bonds is 9. The van der Waals surface area contributed by atoms with Crippen LogP contribution >= 0.6 is 28.3 Å². The van der Waals surface area contributed by atoms with Gasteiger partial charge < -0.3 is 10.6 Å². The number of amides is 1. The van der Waals surface area contributed by atoms with Crippen LogP contribution in [-0.4, -0.2) is 41.0 Å². The van der Waals surface area contributed by atoms with E-state index < -0.39 is 10.0 Å². The number of halogens is 2. The summed E-state index contributed by atoms with van der Waals surface area (Å²) in [5, 5.41) is 5.71. The number of carbonyl (C=O) groups excluding carboxylic acids is 1. The maximum Gasteiger partial charge on any atom is 0.240 e. The molecule has 0 heterocycles. The second kappa shape index (κ2) is 11.0. The monoisotopic (exact) mass is 413 g/mol. The third-order valence-corrected chi connectivity index (χ3v) is 4.63. The van der Waals surface area contributed by atoms with E-state index in [1.807, 2.05) is 7.05 Å². The van der Waals surface area contributed by atoms with Crippen molar-refractivity contribution in [3.8, 4) is 0 Å². The standard InChI is InChI=1S/C13H20BrN3O3S.ClH/c1-15-7-3-8-16-13(18)6-9-17-21(19,20)12-5-2-4-11(14)10-12;/h2,4-5,10,15,17H,3,6-9H2,1H3,(H,16,18);1H. The average Bonchev–Trinajstić information content (AvgIpc) is 2.43. The van der Waals surface area contributed by atoms with Crippen LogP contribution in [0.2, 0.25) is 0 Å². The van der Waals surface area contributed by atoms with E-state index in [2.05, 4.69) is 31.3 Å². The van der Waals surface area contributed by atoms with Gasteiger partial charge in [0.1, 0.15) is 0 Å². The molecule has 9 heteroatoms. The molecular weight excluding hydrogens is 394 g/mol. The van der Waals surface area contributed by atoms with E-state index in [-0.39, 0.29) is 36.2 Å². The van der Waals surface area contributed by atoms with Gasteiger partial charge in [-0.3, -0.25) is 4.79 Å². The van der Waals surface area contributed by atoms with Crippen LogP contribution in [0.3, 0.4) is 0 Å². The van der Waals surface area contributed by atoms with Crippen molar-refractivity contribution < 1.29 is 13.2 Å². The number of carbonyl (C=O) groups is 1. The summed E-state index contributed by atoms with van der Waals surface area (Å²) in [6.45, 7) is 1.49. The van der Waals surface area contributed by atoms with Crippen molar-refractivity contribution in [2.45, 2.75) is 17.7 Å². The average molecular weight is 415 g/mol. The minimum Gasteiger partial charge on any atom is -0.356 e. The Labute approximate surface area is 146 Å². The Balaban J connectivity index is 0.00000441. The minimum absolute atomic E-state index is 0. The van der Waals surface area contributed by atoms with Gasteiger partial charge in [-0.05, 0) is 38.2 Å². The Morgan fingerprint density at radius 1 is 1.23 bits per heavy atom. The molecule has 126 valence electrons. The maximum atomic E-state index is 12.0. The molecule has 0 saturated heterocycles. The second-order valence-corrected chi connectivity index (χ2v) is 7.09. The van der Waals surface area contributed by atoms with Gasteiger partial charge in [-0.25, -0.2) is 13.1 Å². The van der Waals surface area contributed by atoms with Gasteiger partial charge in [0.25, 0.3) is 0 Å². The van der Waals surface area contributed by atoms with Crippen LogP contribution in [0.4, 0.5) is 0 Å². The zero-order valence-corrected chi connectivity index (χ0v) is 15.5. The van der Waals surface area contributed by atoms with Crippen LogP contribution in [0.5, 0.6) is 0 Å². The van der Waals surface area contributed by atoms with Gasteiger partial charge in [0.2, 0.25) is 15.9 Å². The van der Waals surface area contributed by atoms with Gasteiger partial charge >= 0.3 is 0 Å². The first-order valence-electron chi connectivity index (χ1n) is 6.62. The van der Waals surface area contributed by atoms with Crippen molar-refractivity contribution in [1.82, 2.24) is 15.4 Å². The van der Waals surface area contributed by atoms with Crippen LogP contribution in [0.25, 0.3) is 0 Å². The third-order valence-electron chi connectivity index (χ3n) is 2.68. The fourth-order valence-corrected chi connectivity index (χ4v) is 3.23. The summed E-state index contributed by atoms with van der Waals surface area (Å²) in [6, 6.07) is 6.41. The van der Waals surface area contributed by atoms with Crippen LogP contribution in [-0.2, 0) is 14.8 Å². The largest absolute Gasteiger partial charge is 0.356 e. The van der Waals surface area contributed by atoms with Crippen molar-refractivity contribution in [1.29, 1.82) is 0 Å². The molecule has 22 heavy (non-hydrogen) atoms. The molecule has 0 aliphatic carbocycles. The lowest BCUT2D eigenvalue weighted by Gasteiger charge is -2.08. The van der Waals surface area contributed by atoms with Gasteiger partial charge in [0.05, 0.1) is 4.90 Å². The zero-order chi connectivity index (χ0) is 15.7. The highest BCUT2D eigenvalue weighted by atomic mass is 79.9. The predicted molar refractivity (Wildman–Crippen MR) is 92.7 cm³/mol. The fourth-order valence-electron chi connectivity index (χ4n) is 1.60. The van der Waals surface area contributed by atoms with Crippen molar-refractivity contribution in [3.05, 3.63) is 28.7 Å². The summed E-state index contributed by atoms with van der Waals surface area (Å²) in [4.78, 5) is 11.7. The number of benzene rings is 1. The number of hydrogen-bond acceptors (Lipinski definition) is 4. The van der Waals surface area contributed by atoms with E-state index in [4.69, 9.17) is 0 Å². The Morgan fingerprint density at radius 3 is 2.59 bits per heavy atom. The molecule has 0 aliphatic rings. The molecule has 3 N–H and O–H groups in total. The first-order chi connectivity index (χ1) is 9.95. The summed E-state index contributed by atoms with van der Waals surface area (Å²) in [5.41, 5.74) is 0. The third kappa shape index (κ3) is 8.09. The lowest BCUT2D eigenvalue weighted by atomic mass is 10.3. The van der Waals surface area contributed by atoms with Crippen molar-refractivity contribution >= 4 is 44.3 Å². The lowest BCUT2D eigenvalue weighted by Crippen LogP contribution is -2.31. The SMILES string of the molecule is CNCCCNC(=O)CCNS(=O)(=O)c1cccc(Br)c1.Cl. The Kier molecular flexibility index (Phi) is 10.6. The van der Waals surface area contributed by atoms with Crippen molar-refractivity contribution in [2.24, 2.45) is 0 Å². The van der Waals surface area contributed by atoms with Crippen LogP contribution < -0.4 is 15.4 Å². The first-order valence-corrected chi connectivity index (χ1v) is 8.90. The highest BCUT2D eigenvalue weighted by molar-refractivity contribution is 9.10. The van der Waals surface area contributed by atoms with E-state index in [0.717, 1.165) is 13.0 Å². The molecule has 0 radical (unpaired) electrons. The normalized spacial score (nSPS) is 10.8. The topological polar surface area (TPSA) is 87.3 Å². The number of hydrogen-bond donors (Lipinski definition) is 3. The number of nitrogens with one attached hydrogen (secondary N) is 3. The Bertz CT molecular complexity index is 569. The second-order valence-electron chi connectivity index (χ2n) is 4.41. The fraction of sp³-hybridized carbons (Fsp3) is 0.462. The van der Waals surface area contributed by atoms with Crippen LogP contribution in [0.15, 0.2) is 33.6 Å². The molecule has 6 nitrogen and oxygen atoms in total. The molecule has 0 unspecified atom stereocenters. The lowest BCUT2D eigenvalue weighted by molar-refractivity contribution is -0.120. The van der Waals surface area contributed by atoms with E-state index in [9.17, 15) is 13.2 Å². The first kappa shape index (κ1) is 21.3. The summed E-state index contributed by atoms with van der Waals surface area (Å²) < 4.78 is 27.1. The summed E-state index contributed by atoms with van der Waals surface area (Å²) in [5.74, 6) is -0.164. The van der Waals surface area contributed by atoms with Gasteiger partial charge in [0.15, 0.2) is 0 Å². The Hall–Kier alpha value is -0.670. The van der Waals surface area contributed by atoms with E-state index in [1.165, 1.54) is 12.1 Å². The quantitative estimate of drug-likeness (QED) is 0.531. The van der Waals surface area contributed by atoms with E-state index in [0.29, 0.717) is 11.0 Å². The predicted octanol–water partition coefficient (Wildman–Crippen LogP) is 1.26. The highest BCUT2D eigenvalue weighted by Crippen LogP contribution is 2.15. The van der Waals surface area contributed by atoms with Crippen LogP contribution in [0, 0.1) is 0 Å². The molecule has 1 aromatic carbocycles. The van der Waals surface area contributed by atoms with Gasteiger partial charge in [0, 0.05) is 24.0 Å². The molecule has 1 amide bonds. The molecule has 0 saturated carbocycles. The molecule has 0 fully saturated rings. The van der Waals surface area contributed by atoms with E-state index in [1.54, 1.807) is 12.1 Å². The van der Waals surface area contributed by atoms with Crippen molar-refractivity contribution in [3.63, 3.8) is 0 Å². The summed E-state index contributed by atoms with van der Waals surface area (Å²) in [7, 11) is -1.73. The molecule has 0 aliphatic heterocycles. The molecule has 0 spiro atoms. The smallest absolute Gasteiger partial charge is 0.240 e. The van der Waals surface area contributed by atoms with Gasteiger partial charge in [-0.2, -0.15) is 0 Å². The highest BCUT2D eigenvalue weighted by Gasteiger charge is 2.14. The minimum atomic E-state index is -3.58.